The lowest BCUT2D eigenvalue weighted by atomic mass is 10.2. The summed E-state index contributed by atoms with van der Waals surface area (Å²) in [5.41, 5.74) is 0. The smallest absolute Gasteiger partial charge is 0.207 e. The highest BCUT2D eigenvalue weighted by Gasteiger charge is 2.28. The van der Waals surface area contributed by atoms with Crippen molar-refractivity contribution in [3.63, 3.8) is 0 Å². The molecule has 0 bridgehead atoms. The number of sulfonamides is 1. The van der Waals surface area contributed by atoms with Crippen molar-refractivity contribution in [2.75, 3.05) is 6.54 Å². The first kappa shape index (κ1) is 17.0. The lowest BCUT2D eigenvalue weighted by Gasteiger charge is -2.27. The van der Waals surface area contributed by atoms with Gasteiger partial charge in [-0.05, 0) is 25.8 Å². The number of alkyl halides is 1. The summed E-state index contributed by atoms with van der Waals surface area (Å²) in [6, 6.07) is 1.71. The Morgan fingerprint density at radius 3 is 2.58 bits per heavy atom. The van der Waals surface area contributed by atoms with Gasteiger partial charge in [0.05, 0.1) is 10.8 Å². The summed E-state index contributed by atoms with van der Waals surface area (Å²) in [4.78, 5) is 1.27. The minimum Gasteiger partial charge on any atom is -0.207 e. The van der Waals surface area contributed by atoms with E-state index >= 15 is 0 Å². The van der Waals surface area contributed by atoms with Crippen LogP contribution >= 0.6 is 22.9 Å². The molecule has 1 aromatic rings. The molecule has 1 rings (SSSR count). The summed E-state index contributed by atoms with van der Waals surface area (Å²) in [5, 5.41) is 1.69. The predicted octanol–water partition coefficient (Wildman–Crippen LogP) is 4.08. The van der Waals surface area contributed by atoms with Crippen molar-refractivity contribution in [3.05, 3.63) is 16.3 Å². The molecule has 0 aliphatic heterocycles. The van der Waals surface area contributed by atoms with Gasteiger partial charge in [0.1, 0.15) is 0 Å². The first-order valence-corrected chi connectivity index (χ1v) is 9.48. The number of hydrogen-bond donors (Lipinski definition) is 0. The van der Waals surface area contributed by atoms with E-state index < -0.39 is 10.0 Å². The van der Waals surface area contributed by atoms with E-state index in [2.05, 4.69) is 6.92 Å². The Balaban J connectivity index is 3.04. The quantitative estimate of drug-likeness (QED) is 0.676. The van der Waals surface area contributed by atoms with Gasteiger partial charge in [0.15, 0.2) is 0 Å². The molecule has 0 spiro atoms. The third-order valence-corrected chi connectivity index (χ3v) is 6.71. The van der Waals surface area contributed by atoms with Crippen LogP contribution in [-0.2, 0) is 15.9 Å². The first-order valence-electron chi connectivity index (χ1n) is 6.62. The molecule has 0 saturated heterocycles. The monoisotopic (exact) mass is 323 g/mol. The molecule has 1 unspecified atom stereocenters. The molecular formula is C13H22ClNO2S2. The van der Waals surface area contributed by atoms with Gasteiger partial charge in [0.25, 0.3) is 0 Å². The minimum atomic E-state index is -3.39. The molecule has 1 heterocycles. The third kappa shape index (κ3) is 4.18. The molecule has 110 valence electrons. The van der Waals surface area contributed by atoms with Crippen molar-refractivity contribution in [2.24, 2.45) is 0 Å². The van der Waals surface area contributed by atoms with Crippen molar-refractivity contribution in [1.29, 1.82) is 0 Å². The fraction of sp³-hybridized carbons (Fsp3) is 0.692. The highest BCUT2D eigenvalue weighted by atomic mass is 35.5. The molecule has 0 aliphatic rings. The molecule has 0 aromatic carbocycles. The SMILES string of the molecule is CCCCN(C(C)CC)S(=O)(=O)c1csc(CCl)c1. The van der Waals surface area contributed by atoms with E-state index in [9.17, 15) is 8.42 Å². The molecule has 0 aliphatic carbocycles. The van der Waals surface area contributed by atoms with Crippen LogP contribution in [0.5, 0.6) is 0 Å². The summed E-state index contributed by atoms with van der Waals surface area (Å²) in [6.45, 7) is 6.62. The van der Waals surface area contributed by atoms with Gasteiger partial charge in [-0.1, -0.05) is 20.3 Å². The van der Waals surface area contributed by atoms with Crippen LogP contribution in [0.25, 0.3) is 0 Å². The molecule has 19 heavy (non-hydrogen) atoms. The van der Waals surface area contributed by atoms with Gasteiger partial charge in [-0.2, -0.15) is 4.31 Å². The van der Waals surface area contributed by atoms with Crippen LogP contribution in [0.3, 0.4) is 0 Å². The highest BCUT2D eigenvalue weighted by molar-refractivity contribution is 7.89. The molecule has 0 radical (unpaired) electrons. The van der Waals surface area contributed by atoms with E-state index in [-0.39, 0.29) is 6.04 Å². The molecule has 0 fully saturated rings. The van der Waals surface area contributed by atoms with E-state index in [4.69, 9.17) is 11.6 Å². The van der Waals surface area contributed by atoms with E-state index in [0.717, 1.165) is 24.1 Å². The lowest BCUT2D eigenvalue weighted by Crippen LogP contribution is -2.38. The Morgan fingerprint density at radius 1 is 1.42 bits per heavy atom. The number of nitrogens with zero attached hydrogens (tertiary/aromatic N) is 1. The predicted molar refractivity (Wildman–Crippen MR) is 82.4 cm³/mol. The third-order valence-electron chi connectivity index (χ3n) is 3.18. The first-order chi connectivity index (χ1) is 8.97. The van der Waals surface area contributed by atoms with Crippen LogP contribution in [0.1, 0.15) is 44.9 Å². The average Bonchev–Trinajstić information content (AvgIpc) is 2.88. The van der Waals surface area contributed by atoms with E-state index in [0.29, 0.717) is 17.3 Å². The van der Waals surface area contributed by atoms with Crippen LogP contribution < -0.4 is 0 Å². The van der Waals surface area contributed by atoms with Gasteiger partial charge in [-0.25, -0.2) is 8.42 Å². The number of halogens is 1. The number of unbranched alkanes of at least 4 members (excludes halogenated alkanes) is 1. The summed E-state index contributed by atoms with van der Waals surface area (Å²) in [6.07, 6.45) is 2.69. The molecule has 1 atom stereocenters. The Hall–Kier alpha value is -0.100. The van der Waals surface area contributed by atoms with E-state index in [1.165, 1.54) is 11.3 Å². The fourth-order valence-corrected chi connectivity index (χ4v) is 4.92. The number of hydrogen-bond acceptors (Lipinski definition) is 3. The summed E-state index contributed by atoms with van der Waals surface area (Å²) >= 11 is 7.14. The second-order valence-corrected chi connectivity index (χ2v) is 7.76. The molecule has 0 N–H and O–H groups in total. The van der Waals surface area contributed by atoms with Crippen molar-refractivity contribution in [2.45, 2.75) is 56.9 Å². The Labute approximate surface area is 125 Å². The van der Waals surface area contributed by atoms with Crippen LogP contribution in [0.2, 0.25) is 0 Å². The van der Waals surface area contributed by atoms with Crippen LogP contribution in [0.15, 0.2) is 16.3 Å². The Morgan fingerprint density at radius 2 is 2.11 bits per heavy atom. The zero-order valence-electron chi connectivity index (χ0n) is 11.7. The molecule has 3 nitrogen and oxygen atoms in total. The minimum absolute atomic E-state index is 0.0240. The summed E-state index contributed by atoms with van der Waals surface area (Å²) < 4.78 is 26.9. The summed E-state index contributed by atoms with van der Waals surface area (Å²) in [5.74, 6) is 0.360. The van der Waals surface area contributed by atoms with Crippen LogP contribution in [0, 0.1) is 0 Å². The van der Waals surface area contributed by atoms with E-state index in [1.807, 2.05) is 13.8 Å². The van der Waals surface area contributed by atoms with Crippen molar-refractivity contribution in [3.8, 4) is 0 Å². The maximum absolute atomic E-state index is 12.7. The molecule has 0 saturated carbocycles. The zero-order chi connectivity index (χ0) is 14.5. The average molecular weight is 324 g/mol. The van der Waals surface area contributed by atoms with Gasteiger partial charge >= 0.3 is 0 Å². The second kappa shape index (κ2) is 7.62. The van der Waals surface area contributed by atoms with Gasteiger partial charge in [0.2, 0.25) is 10.0 Å². The largest absolute Gasteiger partial charge is 0.244 e. The maximum atomic E-state index is 12.7. The Bertz CT molecular complexity index is 485. The summed E-state index contributed by atoms with van der Waals surface area (Å²) in [7, 11) is -3.39. The standard InChI is InChI=1S/C13H22ClNO2S2/c1-4-6-7-15(11(3)5-2)19(16,17)13-8-12(9-14)18-10-13/h8,10-11H,4-7,9H2,1-3H3. The molecular weight excluding hydrogens is 302 g/mol. The molecule has 6 heteroatoms. The normalized spacial score (nSPS) is 13.9. The molecule has 0 amide bonds. The number of rotatable bonds is 8. The zero-order valence-corrected chi connectivity index (χ0v) is 14.1. The van der Waals surface area contributed by atoms with Gasteiger partial charge < -0.3 is 0 Å². The van der Waals surface area contributed by atoms with Gasteiger partial charge in [-0.15, -0.1) is 22.9 Å². The fourth-order valence-electron chi connectivity index (χ4n) is 1.80. The topological polar surface area (TPSA) is 37.4 Å². The number of thiophene rings is 1. The van der Waals surface area contributed by atoms with E-state index in [1.54, 1.807) is 15.8 Å². The van der Waals surface area contributed by atoms with Crippen molar-refractivity contribution < 1.29 is 8.42 Å². The molecule has 1 aromatic heterocycles. The van der Waals surface area contributed by atoms with Crippen LogP contribution in [0.4, 0.5) is 0 Å². The van der Waals surface area contributed by atoms with Crippen molar-refractivity contribution >= 4 is 33.0 Å². The second-order valence-electron chi connectivity index (χ2n) is 4.61. The van der Waals surface area contributed by atoms with Crippen LogP contribution in [-0.4, -0.2) is 25.3 Å². The van der Waals surface area contributed by atoms with Crippen molar-refractivity contribution in [1.82, 2.24) is 4.31 Å². The highest BCUT2D eigenvalue weighted by Crippen LogP contribution is 2.26. The maximum Gasteiger partial charge on any atom is 0.244 e. The van der Waals surface area contributed by atoms with Gasteiger partial charge in [-0.3, -0.25) is 0 Å². The van der Waals surface area contributed by atoms with Gasteiger partial charge in [0, 0.05) is 22.8 Å². The lowest BCUT2D eigenvalue weighted by molar-refractivity contribution is 0.324. The Kier molecular flexibility index (Phi) is 6.80.